The fourth-order valence-corrected chi connectivity index (χ4v) is 1.97. The fraction of sp³-hybridized carbons (Fsp3) is 0.636. The fourth-order valence-electron chi connectivity index (χ4n) is 1.97. The van der Waals surface area contributed by atoms with Gasteiger partial charge in [0.25, 0.3) is 0 Å². The molecular formula is C11H17N3. The first kappa shape index (κ1) is 9.59. The monoisotopic (exact) mass is 191 g/mol. The summed E-state index contributed by atoms with van der Waals surface area (Å²) in [5.41, 5.74) is 8.34. The van der Waals surface area contributed by atoms with Gasteiger partial charge in [0.1, 0.15) is 5.82 Å². The predicted octanol–water partition coefficient (Wildman–Crippen LogP) is 1.77. The third-order valence-electron chi connectivity index (χ3n) is 2.75. The molecule has 1 atom stereocenters. The summed E-state index contributed by atoms with van der Waals surface area (Å²) in [6.45, 7) is 2.15. The first-order valence-corrected chi connectivity index (χ1v) is 5.41. The average Bonchev–Trinajstić information content (AvgIpc) is 2.18. The van der Waals surface area contributed by atoms with Gasteiger partial charge in [0, 0.05) is 29.9 Å². The van der Waals surface area contributed by atoms with E-state index in [1.165, 1.54) is 5.69 Å². The van der Waals surface area contributed by atoms with E-state index in [9.17, 15) is 0 Å². The first-order chi connectivity index (χ1) is 6.81. The quantitative estimate of drug-likeness (QED) is 0.775. The third kappa shape index (κ3) is 1.77. The zero-order chi connectivity index (χ0) is 9.97. The molecule has 1 aromatic heterocycles. The summed E-state index contributed by atoms with van der Waals surface area (Å²) in [4.78, 5) is 8.90. The molecule has 1 aliphatic carbocycles. The number of nitrogens with two attached hydrogens (primary N) is 1. The molecule has 0 saturated carbocycles. The van der Waals surface area contributed by atoms with Crippen molar-refractivity contribution in [2.24, 2.45) is 5.73 Å². The lowest BCUT2D eigenvalue weighted by Crippen LogP contribution is -2.19. The molecule has 0 saturated heterocycles. The molecule has 3 heteroatoms. The summed E-state index contributed by atoms with van der Waals surface area (Å²) < 4.78 is 0. The number of hydrogen-bond donors (Lipinski definition) is 1. The number of rotatable bonds is 2. The Kier molecular flexibility index (Phi) is 2.77. The van der Waals surface area contributed by atoms with Crippen molar-refractivity contribution in [3.05, 3.63) is 23.3 Å². The summed E-state index contributed by atoms with van der Waals surface area (Å²) in [7, 11) is 0. The van der Waals surface area contributed by atoms with Crippen molar-refractivity contribution < 1.29 is 0 Å². The lowest BCUT2D eigenvalue weighted by molar-refractivity contribution is 0.552. The van der Waals surface area contributed by atoms with Crippen LogP contribution in [0.2, 0.25) is 0 Å². The first-order valence-electron chi connectivity index (χ1n) is 5.41. The van der Waals surface area contributed by atoms with Crippen LogP contribution in [0.3, 0.4) is 0 Å². The highest BCUT2D eigenvalue weighted by Crippen LogP contribution is 2.25. The van der Waals surface area contributed by atoms with Gasteiger partial charge in [-0.05, 0) is 25.7 Å². The number of fused-ring (bicyclic) bond motifs is 1. The van der Waals surface area contributed by atoms with Crippen molar-refractivity contribution in [3.63, 3.8) is 0 Å². The van der Waals surface area contributed by atoms with Crippen molar-refractivity contribution in [3.8, 4) is 0 Å². The molecule has 3 nitrogen and oxygen atoms in total. The number of nitrogens with zero attached hydrogens (tertiary/aromatic N) is 2. The van der Waals surface area contributed by atoms with Gasteiger partial charge in [-0.3, -0.25) is 0 Å². The summed E-state index contributed by atoms with van der Waals surface area (Å²) in [5.74, 6) is 0.973. The van der Waals surface area contributed by atoms with Gasteiger partial charge in [0.15, 0.2) is 0 Å². The SMILES string of the molecule is CCCc1ncc2c(n1)CCCC2N. The zero-order valence-electron chi connectivity index (χ0n) is 8.66. The molecule has 0 amide bonds. The third-order valence-corrected chi connectivity index (χ3v) is 2.75. The molecular weight excluding hydrogens is 174 g/mol. The molecule has 0 bridgehead atoms. The molecule has 0 radical (unpaired) electrons. The van der Waals surface area contributed by atoms with Crippen LogP contribution in [0.1, 0.15) is 49.3 Å². The maximum atomic E-state index is 5.99. The molecule has 76 valence electrons. The Morgan fingerprint density at radius 2 is 2.43 bits per heavy atom. The van der Waals surface area contributed by atoms with Crippen LogP contribution >= 0.6 is 0 Å². The van der Waals surface area contributed by atoms with Crippen molar-refractivity contribution in [2.75, 3.05) is 0 Å². The van der Waals surface area contributed by atoms with Crippen molar-refractivity contribution >= 4 is 0 Å². The number of hydrogen-bond acceptors (Lipinski definition) is 3. The Balaban J connectivity index is 2.29. The summed E-state index contributed by atoms with van der Waals surface area (Å²) in [6, 6.07) is 0.162. The van der Waals surface area contributed by atoms with Gasteiger partial charge < -0.3 is 5.73 Å². The molecule has 2 N–H and O–H groups in total. The number of aromatic nitrogens is 2. The van der Waals surface area contributed by atoms with E-state index in [0.717, 1.165) is 43.5 Å². The topological polar surface area (TPSA) is 51.8 Å². The van der Waals surface area contributed by atoms with Gasteiger partial charge in [0.05, 0.1) is 0 Å². The van der Waals surface area contributed by atoms with Crippen LogP contribution in [-0.4, -0.2) is 9.97 Å². The number of aryl methyl sites for hydroxylation is 2. The van der Waals surface area contributed by atoms with E-state index in [4.69, 9.17) is 5.73 Å². The molecule has 2 rings (SSSR count). The Morgan fingerprint density at radius 3 is 3.21 bits per heavy atom. The standard InChI is InChI=1S/C11H17N3/c1-2-4-11-13-7-8-9(12)5-3-6-10(8)14-11/h7,9H,2-6,12H2,1H3. The van der Waals surface area contributed by atoms with E-state index in [1.807, 2.05) is 6.20 Å². The second-order valence-corrected chi connectivity index (χ2v) is 3.94. The van der Waals surface area contributed by atoms with Crippen molar-refractivity contribution in [1.82, 2.24) is 9.97 Å². The van der Waals surface area contributed by atoms with Crippen molar-refractivity contribution in [1.29, 1.82) is 0 Å². The molecule has 14 heavy (non-hydrogen) atoms. The smallest absolute Gasteiger partial charge is 0.128 e. The van der Waals surface area contributed by atoms with Gasteiger partial charge in [0.2, 0.25) is 0 Å². The maximum absolute atomic E-state index is 5.99. The van der Waals surface area contributed by atoms with E-state index in [-0.39, 0.29) is 6.04 Å². The van der Waals surface area contributed by atoms with E-state index < -0.39 is 0 Å². The largest absolute Gasteiger partial charge is 0.324 e. The maximum Gasteiger partial charge on any atom is 0.128 e. The second kappa shape index (κ2) is 4.05. The van der Waals surface area contributed by atoms with Gasteiger partial charge in [-0.25, -0.2) is 9.97 Å². The van der Waals surface area contributed by atoms with Crippen molar-refractivity contribution in [2.45, 2.75) is 45.1 Å². The minimum absolute atomic E-state index is 0.162. The predicted molar refractivity (Wildman–Crippen MR) is 55.9 cm³/mol. The average molecular weight is 191 g/mol. The van der Waals surface area contributed by atoms with E-state index in [0.29, 0.717) is 0 Å². The second-order valence-electron chi connectivity index (χ2n) is 3.94. The minimum atomic E-state index is 0.162. The van der Waals surface area contributed by atoms with Crippen LogP contribution in [0.5, 0.6) is 0 Å². The van der Waals surface area contributed by atoms with E-state index in [2.05, 4.69) is 16.9 Å². The van der Waals surface area contributed by atoms with Gasteiger partial charge in [-0.2, -0.15) is 0 Å². The molecule has 1 unspecified atom stereocenters. The molecule has 1 aliphatic rings. The molecule has 0 aromatic carbocycles. The highest BCUT2D eigenvalue weighted by atomic mass is 14.9. The highest BCUT2D eigenvalue weighted by Gasteiger charge is 2.18. The molecule has 1 aromatic rings. The lowest BCUT2D eigenvalue weighted by atomic mass is 9.93. The Hall–Kier alpha value is -0.960. The Labute approximate surface area is 84.8 Å². The van der Waals surface area contributed by atoms with Gasteiger partial charge >= 0.3 is 0 Å². The summed E-state index contributed by atoms with van der Waals surface area (Å²) in [5, 5.41) is 0. The molecule has 0 fully saturated rings. The molecule has 1 heterocycles. The molecule has 0 spiro atoms. The van der Waals surface area contributed by atoms with E-state index in [1.54, 1.807) is 0 Å². The Morgan fingerprint density at radius 1 is 1.57 bits per heavy atom. The van der Waals surface area contributed by atoms with E-state index >= 15 is 0 Å². The van der Waals surface area contributed by atoms with Crippen LogP contribution < -0.4 is 5.73 Å². The van der Waals surface area contributed by atoms with Gasteiger partial charge in [-0.15, -0.1) is 0 Å². The van der Waals surface area contributed by atoms with Crippen LogP contribution in [0.15, 0.2) is 6.20 Å². The lowest BCUT2D eigenvalue weighted by Gasteiger charge is -2.20. The Bertz CT molecular complexity index is 322. The molecule has 0 aliphatic heterocycles. The summed E-state index contributed by atoms with van der Waals surface area (Å²) >= 11 is 0. The zero-order valence-corrected chi connectivity index (χ0v) is 8.66. The van der Waals surface area contributed by atoms with Crippen LogP contribution in [0.4, 0.5) is 0 Å². The minimum Gasteiger partial charge on any atom is -0.324 e. The van der Waals surface area contributed by atoms with Gasteiger partial charge in [-0.1, -0.05) is 6.92 Å². The van der Waals surface area contributed by atoms with Crippen LogP contribution in [-0.2, 0) is 12.8 Å². The summed E-state index contributed by atoms with van der Waals surface area (Å²) in [6.07, 6.45) is 7.31. The normalized spacial score (nSPS) is 20.6. The highest BCUT2D eigenvalue weighted by molar-refractivity contribution is 5.24. The van der Waals surface area contributed by atoms with Crippen LogP contribution in [0.25, 0.3) is 0 Å². The van der Waals surface area contributed by atoms with Crippen LogP contribution in [0, 0.1) is 0 Å².